The molecule has 19 heteroatoms. The number of aliphatic hydroxyl groups excluding tert-OH is 1. The maximum absolute atomic E-state index is 13.2. The maximum Gasteiger partial charge on any atom is 0.472 e. The fourth-order valence-electron chi connectivity index (χ4n) is 14.1. The third-order valence-corrected chi connectivity index (χ3v) is 23.5. The molecule has 0 heterocycles. The zero-order chi connectivity index (χ0) is 79.7. The first kappa shape index (κ1) is 107. The molecule has 0 bridgehead atoms. The average Bonchev–Trinajstić information content (AvgIpc) is 0.901. The third kappa shape index (κ3) is 82.4. The summed E-state index contributed by atoms with van der Waals surface area (Å²) in [5.41, 5.74) is 0. The molecular weight excluding hydrogens is 1410 g/mol. The van der Waals surface area contributed by atoms with E-state index in [4.69, 9.17) is 37.0 Å². The quantitative estimate of drug-likeness (QED) is 0.0222. The number of unbranched alkanes of at least 4 members (excludes halogenated alkanes) is 61. The van der Waals surface area contributed by atoms with Crippen LogP contribution in [0.15, 0.2) is 0 Å². The van der Waals surface area contributed by atoms with Crippen molar-refractivity contribution >= 4 is 39.5 Å². The molecule has 0 aliphatic carbocycles. The first-order chi connectivity index (χ1) is 53.1. The van der Waals surface area contributed by atoms with Crippen molar-refractivity contribution in [3.63, 3.8) is 0 Å². The van der Waals surface area contributed by atoms with E-state index in [1.807, 2.05) is 0 Å². The maximum atomic E-state index is 13.2. The molecule has 0 aliphatic heterocycles. The highest BCUT2D eigenvalue weighted by Gasteiger charge is 2.31. The lowest BCUT2D eigenvalue weighted by atomic mass is 10.00. The molecule has 0 saturated heterocycles. The smallest absolute Gasteiger partial charge is 0.462 e. The van der Waals surface area contributed by atoms with Crippen LogP contribution in [0, 0.1) is 5.92 Å². The van der Waals surface area contributed by atoms with Crippen LogP contribution in [0.25, 0.3) is 0 Å². The molecule has 0 aromatic heterocycles. The summed E-state index contributed by atoms with van der Waals surface area (Å²) in [4.78, 5) is 73.3. The Bertz CT molecular complexity index is 2070. The summed E-state index contributed by atoms with van der Waals surface area (Å²) in [5, 5.41) is 10.7. The van der Waals surface area contributed by atoms with Crippen molar-refractivity contribution in [2.45, 2.75) is 509 Å². The summed E-state index contributed by atoms with van der Waals surface area (Å²) in [6, 6.07) is 0. The zero-order valence-corrected chi connectivity index (χ0v) is 73.5. The summed E-state index contributed by atoms with van der Waals surface area (Å²) in [6.07, 6.45) is 78.1. The van der Waals surface area contributed by atoms with Crippen LogP contribution in [-0.2, 0) is 65.4 Å². The van der Waals surface area contributed by atoms with Crippen LogP contribution < -0.4 is 0 Å². The van der Waals surface area contributed by atoms with Gasteiger partial charge in [0.2, 0.25) is 0 Å². The molecule has 0 aromatic carbocycles. The van der Waals surface area contributed by atoms with Crippen LogP contribution in [0.1, 0.15) is 490 Å². The molecule has 17 nitrogen and oxygen atoms in total. The molecule has 3 unspecified atom stereocenters. The molecule has 0 fully saturated rings. The summed E-state index contributed by atoms with van der Waals surface area (Å²) >= 11 is 0. The molecular formula is C90H176O17P2. The topological polar surface area (TPSA) is 237 Å². The van der Waals surface area contributed by atoms with E-state index in [2.05, 4.69) is 34.6 Å². The van der Waals surface area contributed by atoms with E-state index in [-0.39, 0.29) is 25.7 Å². The second-order valence-electron chi connectivity index (χ2n) is 32.6. The number of hydrogen-bond acceptors (Lipinski definition) is 15. The van der Waals surface area contributed by atoms with Crippen molar-refractivity contribution < 1.29 is 80.2 Å². The normalized spacial score (nSPS) is 13.9. The number of phosphoric ester groups is 2. The van der Waals surface area contributed by atoms with Crippen molar-refractivity contribution in [3.8, 4) is 0 Å². The number of carbonyl (C=O) groups excluding carboxylic acids is 4. The van der Waals surface area contributed by atoms with E-state index in [9.17, 15) is 43.2 Å². The van der Waals surface area contributed by atoms with Crippen molar-refractivity contribution in [3.05, 3.63) is 0 Å². The van der Waals surface area contributed by atoms with Gasteiger partial charge in [-0.1, -0.05) is 439 Å². The van der Waals surface area contributed by atoms with Crippen molar-refractivity contribution in [2.75, 3.05) is 39.6 Å². The predicted molar refractivity (Wildman–Crippen MR) is 451 cm³/mol. The van der Waals surface area contributed by atoms with E-state index < -0.39 is 97.5 Å². The van der Waals surface area contributed by atoms with Gasteiger partial charge in [0.05, 0.1) is 26.4 Å². The van der Waals surface area contributed by atoms with E-state index in [1.54, 1.807) is 0 Å². The Kier molecular flexibility index (Phi) is 81.1. The Hall–Kier alpha value is -1.94. The molecule has 0 saturated carbocycles. The minimum Gasteiger partial charge on any atom is -0.462 e. The van der Waals surface area contributed by atoms with E-state index >= 15 is 0 Å². The molecule has 648 valence electrons. The molecule has 109 heavy (non-hydrogen) atoms. The standard InChI is InChI=1S/C90H176O17P2/c1-6-10-13-16-19-22-25-28-31-34-36-38-40-42-44-47-50-53-56-59-66-71-75-89(94)106-85(79-100-87(92)73-68-63-57-54-51-48-46-43-41-39-37-35-32-29-26-23-20-17-14-11-7-2)81-104-108(96,97)102-77-84(91)78-103-109(98,99)105-82-86(80-101-88(93)74-69-64-61-60-62-67-72-83(5)9-4)107-90(95)76-70-65-58-55-52-49-45-33-30-27-24-21-18-15-12-8-3/h83-86,91H,6-82H2,1-5H3,(H,96,97)(H,98,99)/t83?,84-,85-,86-/m1/s1. The Morgan fingerprint density at radius 2 is 0.440 bits per heavy atom. The first-order valence-electron chi connectivity index (χ1n) is 46.7. The average molecular weight is 1590 g/mol. The van der Waals surface area contributed by atoms with Gasteiger partial charge < -0.3 is 33.8 Å². The number of aliphatic hydroxyl groups is 1. The van der Waals surface area contributed by atoms with Gasteiger partial charge in [-0.05, 0) is 31.6 Å². The molecule has 0 amide bonds. The molecule has 6 atom stereocenters. The molecule has 0 aliphatic rings. The van der Waals surface area contributed by atoms with Crippen LogP contribution in [0.5, 0.6) is 0 Å². The highest BCUT2D eigenvalue weighted by Crippen LogP contribution is 2.45. The summed E-state index contributed by atoms with van der Waals surface area (Å²) in [5.74, 6) is -1.37. The number of rotatable bonds is 90. The van der Waals surface area contributed by atoms with E-state index in [0.29, 0.717) is 25.7 Å². The minimum atomic E-state index is -4.97. The first-order valence-corrected chi connectivity index (χ1v) is 49.7. The summed E-state index contributed by atoms with van der Waals surface area (Å²) in [6.45, 7) is 7.34. The van der Waals surface area contributed by atoms with Gasteiger partial charge >= 0.3 is 39.5 Å². The third-order valence-electron chi connectivity index (χ3n) is 21.6. The molecule has 0 rings (SSSR count). The molecule has 3 N–H and O–H groups in total. The number of ether oxygens (including phenoxy) is 4. The Morgan fingerprint density at radius 3 is 0.651 bits per heavy atom. The van der Waals surface area contributed by atoms with Crippen molar-refractivity contribution in [2.24, 2.45) is 5.92 Å². The monoisotopic (exact) mass is 1590 g/mol. The predicted octanol–water partition coefficient (Wildman–Crippen LogP) is 27.9. The van der Waals surface area contributed by atoms with Crippen LogP contribution in [0.4, 0.5) is 0 Å². The number of hydrogen-bond donors (Lipinski definition) is 3. The van der Waals surface area contributed by atoms with Crippen LogP contribution in [0.2, 0.25) is 0 Å². The largest absolute Gasteiger partial charge is 0.472 e. The summed E-state index contributed by atoms with van der Waals surface area (Å²) < 4.78 is 69.0. The fraction of sp³-hybridized carbons (Fsp3) is 0.956. The minimum absolute atomic E-state index is 0.108. The molecule has 0 spiro atoms. The SMILES string of the molecule is CCCCCCCCCCCCCCCCCCCCCCCCC(=O)O[C@H](COC(=O)CCCCCCCCCCCCCCCCCCCCCCC)COP(=O)(O)OC[C@@H](O)COP(=O)(O)OC[C@@H](COC(=O)CCCCCCCCC(C)CC)OC(=O)CCCCCCCCCCCCCCCCCC. The lowest BCUT2D eigenvalue weighted by Crippen LogP contribution is -2.30. The van der Waals surface area contributed by atoms with Gasteiger partial charge in [0, 0.05) is 25.7 Å². The van der Waals surface area contributed by atoms with Gasteiger partial charge in [0.15, 0.2) is 12.2 Å². The zero-order valence-electron chi connectivity index (χ0n) is 71.7. The van der Waals surface area contributed by atoms with Gasteiger partial charge in [-0.3, -0.25) is 37.3 Å². The van der Waals surface area contributed by atoms with Crippen LogP contribution >= 0.6 is 15.6 Å². The van der Waals surface area contributed by atoms with Crippen LogP contribution in [0.3, 0.4) is 0 Å². The number of esters is 4. The van der Waals surface area contributed by atoms with E-state index in [0.717, 1.165) is 102 Å². The van der Waals surface area contributed by atoms with Gasteiger partial charge in [-0.25, -0.2) is 9.13 Å². The second-order valence-corrected chi connectivity index (χ2v) is 35.5. The lowest BCUT2D eigenvalue weighted by molar-refractivity contribution is -0.161. The molecule has 0 radical (unpaired) electrons. The number of phosphoric acid groups is 2. The van der Waals surface area contributed by atoms with Crippen LogP contribution in [-0.4, -0.2) is 96.7 Å². The number of carbonyl (C=O) groups is 4. The molecule has 0 aromatic rings. The van der Waals surface area contributed by atoms with Gasteiger partial charge in [0.25, 0.3) is 0 Å². The Labute approximate surface area is 670 Å². The Morgan fingerprint density at radius 1 is 0.257 bits per heavy atom. The van der Waals surface area contributed by atoms with Crippen molar-refractivity contribution in [1.82, 2.24) is 0 Å². The lowest BCUT2D eigenvalue weighted by Gasteiger charge is -2.21. The van der Waals surface area contributed by atoms with Gasteiger partial charge in [0.1, 0.15) is 19.3 Å². The summed E-state index contributed by atoms with van der Waals surface area (Å²) in [7, 11) is -9.93. The second kappa shape index (κ2) is 82.6. The van der Waals surface area contributed by atoms with Gasteiger partial charge in [-0.15, -0.1) is 0 Å². The van der Waals surface area contributed by atoms with Gasteiger partial charge in [-0.2, -0.15) is 0 Å². The highest BCUT2D eigenvalue weighted by molar-refractivity contribution is 7.47. The van der Waals surface area contributed by atoms with Crippen molar-refractivity contribution in [1.29, 1.82) is 0 Å². The van der Waals surface area contributed by atoms with E-state index in [1.165, 1.54) is 308 Å². The Balaban J connectivity index is 5.21. The highest BCUT2D eigenvalue weighted by atomic mass is 31.2. The fourth-order valence-corrected chi connectivity index (χ4v) is 15.7.